The molecule has 0 fully saturated rings. The van der Waals surface area contributed by atoms with Gasteiger partial charge in [-0.05, 0) is 50.6 Å². The number of nitrogens with one attached hydrogen (secondary N) is 1. The average Bonchev–Trinajstić information content (AvgIpc) is 2.37. The molecule has 0 aliphatic heterocycles. The molecule has 2 aromatic rings. The fourth-order valence-corrected chi connectivity index (χ4v) is 2.85. The predicted molar refractivity (Wildman–Crippen MR) is 85.8 cm³/mol. The maximum Gasteiger partial charge on any atom is 0.238 e. The number of anilines is 1. The van der Waals surface area contributed by atoms with Crippen molar-refractivity contribution in [1.82, 2.24) is 0 Å². The summed E-state index contributed by atoms with van der Waals surface area (Å²) in [5.41, 5.74) is 4.50. The van der Waals surface area contributed by atoms with E-state index in [9.17, 15) is 8.42 Å². The summed E-state index contributed by atoms with van der Waals surface area (Å²) in [6.45, 7) is 6.22. The molecule has 4 nitrogen and oxygen atoms in total. The molecule has 21 heavy (non-hydrogen) atoms. The van der Waals surface area contributed by atoms with Crippen LogP contribution in [0.1, 0.15) is 29.7 Å². The highest BCUT2D eigenvalue weighted by Crippen LogP contribution is 2.22. The van der Waals surface area contributed by atoms with E-state index in [0.717, 1.165) is 5.69 Å². The van der Waals surface area contributed by atoms with Gasteiger partial charge in [-0.25, -0.2) is 13.6 Å². The zero-order valence-corrected chi connectivity index (χ0v) is 13.2. The maximum atomic E-state index is 11.2. The van der Waals surface area contributed by atoms with Gasteiger partial charge in [0, 0.05) is 11.7 Å². The van der Waals surface area contributed by atoms with Gasteiger partial charge in [0.25, 0.3) is 0 Å². The van der Waals surface area contributed by atoms with Crippen molar-refractivity contribution in [2.75, 3.05) is 5.32 Å². The molecule has 1 atom stereocenters. The second-order valence-corrected chi connectivity index (χ2v) is 6.92. The van der Waals surface area contributed by atoms with Crippen LogP contribution in [0.25, 0.3) is 0 Å². The van der Waals surface area contributed by atoms with E-state index in [1.54, 1.807) is 12.1 Å². The smallest absolute Gasteiger partial charge is 0.238 e. The molecule has 1 unspecified atom stereocenters. The third kappa shape index (κ3) is 4.06. The first-order valence-corrected chi connectivity index (χ1v) is 8.28. The van der Waals surface area contributed by atoms with Crippen LogP contribution in [0.2, 0.25) is 0 Å². The predicted octanol–water partition coefficient (Wildman–Crippen LogP) is 3.12. The van der Waals surface area contributed by atoms with Crippen molar-refractivity contribution in [3.05, 3.63) is 59.2 Å². The van der Waals surface area contributed by atoms with Crippen LogP contribution in [-0.4, -0.2) is 8.42 Å². The lowest BCUT2D eigenvalue weighted by molar-refractivity contribution is 0.598. The number of nitrogens with two attached hydrogens (primary N) is 1. The minimum Gasteiger partial charge on any atom is -0.379 e. The molecule has 0 saturated carbocycles. The van der Waals surface area contributed by atoms with E-state index in [-0.39, 0.29) is 10.9 Å². The zero-order chi connectivity index (χ0) is 15.6. The van der Waals surface area contributed by atoms with E-state index in [1.165, 1.54) is 28.8 Å². The van der Waals surface area contributed by atoms with Crippen molar-refractivity contribution in [2.45, 2.75) is 31.7 Å². The third-order valence-electron chi connectivity index (χ3n) is 3.31. The summed E-state index contributed by atoms with van der Waals surface area (Å²) in [6, 6.07) is 13.0. The fourth-order valence-electron chi connectivity index (χ4n) is 2.33. The molecule has 112 valence electrons. The molecule has 0 aliphatic rings. The first-order chi connectivity index (χ1) is 9.75. The first-order valence-electron chi connectivity index (χ1n) is 6.73. The summed E-state index contributed by atoms with van der Waals surface area (Å²) in [4.78, 5) is 0.118. The molecule has 0 radical (unpaired) electrons. The lowest BCUT2D eigenvalue weighted by Crippen LogP contribution is -2.12. The van der Waals surface area contributed by atoms with E-state index < -0.39 is 10.0 Å². The molecule has 2 aromatic carbocycles. The van der Waals surface area contributed by atoms with Gasteiger partial charge in [0.2, 0.25) is 10.0 Å². The maximum absolute atomic E-state index is 11.2. The number of rotatable bonds is 4. The van der Waals surface area contributed by atoms with Crippen molar-refractivity contribution < 1.29 is 8.42 Å². The minimum absolute atomic E-state index is 0.118. The molecular formula is C16H20N2O2S. The van der Waals surface area contributed by atoms with Crippen LogP contribution in [0.15, 0.2) is 47.4 Å². The van der Waals surface area contributed by atoms with Gasteiger partial charge in [0.05, 0.1) is 4.90 Å². The van der Waals surface area contributed by atoms with Crippen molar-refractivity contribution >= 4 is 15.7 Å². The van der Waals surface area contributed by atoms with Gasteiger partial charge in [-0.3, -0.25) is 0 Å². The Hall–Kier alpha value is -1.85. The lowest BCUT2D eigenvalue weighted by atomic mass is 10.0. The molecular weight excluding hydrogens is 284 g/mol. The number of hydrogen-bond acceptors (Lipinski definition) is 3. The van der Waals surface area contributed by atoms with Crippen molar-refractivity contribution in [2.24, 2.45) is 5.14 Å². The van der Waals surface area contributed by atoms with E-state index in [2.05, 4.69) is 44.3 Å². The summed E-state index contributed by atoms with van der Waals surface area (Å²) < 4.78 is 22.4. The summed E-state index contributed by atoms with van der Waals surface area (Å²) in [6.07, 6.45) is 0. The number of hydrogen-bond donors (Lipinski definition) is 2. The molecule has 0 spiro atoms. The lowest BCUT2D eigenvalue weighted by Gasteiger charge is -2.17. The van der Waals surface area contributed by atoms with Crippen LogP contribution < -0.4 is 10.5 Å². The van der Waals surface area contributed by atoms with Gasteiger partial charge in [0.15, 0.2) is 0 Å². The topological polar surface area (TPSA) is 72.2 Å². The Kier molecular flexibility index (Phi) is 4.34. The van der Waals surface area contributed by atoms with Crippen molar-refractivity contribution in [1.29, 1.82) is 0 Å². The van der Waals surface area contributed by atoms with E-state index in [4.69, 9.17) is 5.14 Å². The van der Waals surface area contributed by atoms with Crippen LogP contribution in [0, 0.1) is 13.8 Å². The van der Waals surface area contributed by atoms with E-state index in [1.807, 2.05) is 0 Å². The van der Waals surface area contributed by atoms with E-state index >= 15 is 0 Å². The molecule has 0 heterocycles. The number of sulfonamides is 1. The SMILES string of the molecule is Cc1cc(C)cc(C(C)Nc2ccc(S(N)(=O)=O)cc2)c1. The van der Waals surface area contributed by atoms with Crippen LogP contribution in [0.5, 0.6) is 0 Å². The second-order valence-electron chi connectivity index (χ2n) is 5.36. The van der Waals surface area contributed by atoms with Gasteiger partial charge in [-0.2, -0.15) is 0 Å². The Morgan fingerprint density at radius 3 is 2.00 bits per heavy atom. The molecule has 0 saturated heterocycles. The Labute approximate surface area is 126 Å². The highest BCUT2D eigenvalue weighted by atomic mass is 32.2. The van der Waals surface area contributed by atoms with Crippen LogP contribution in [0.3, 0.4) is 0 Å². The second kappa shape index (κ2) is 5.87. The summed E-state index contributed by atoms with van der Waals surface area (Å²) in [5.74, 6) is 0. The molecule has 3 N–H and O–H groups in total. The van der Waals surface area contributed by atoms with Gasteiger partial charge in [0.1, 0.15) is 0 Å². The Morgan fingerprint density at radius 1 is 1.00 bits per heavy atom. The van der Waals surface area contributed by atoms with Crippen molar-refractivity contribution in [3.8, 4) is 0 Å². The first kappa shape index (κ1) is 15.5. The van der Waals surface area contributed by atoms with Gasteiger partial charge in [-0.1, -0.05) is 29.3 Å². The zero-order valence-electron chi connectivity index (χ0n) is 12.4. The monoisotopic (exact) mass is 304 g/mol. The molecule has 5 heteroatoms. The van der Waals surface area contributed by atoms with Crippen LogP contribution in [-0.2, 0) is 10.0 Å². The molecule has 0 aliphatic carbocycles. The normalized spacial score (nSPS) is 13.0. The Balaban J connectivity index is 2.17. The number of benzene rings is 2. The van der Waals surface area contributed by atoms with Crippen LogP contribution in [0.4, 0.5) is 5.69 Å². The molecule has 2 rings (SSSR count). The fraction of sp³-hybridized carbons (Fsp3) is 0.250. The van der Waals surface area contributed by atoms with Gasteiger partial charge >= 0.3 is 0 Å². The summed E-state index contributed by atoms with van der Waals surface area (Å²) in [5, 5.41) is 8.44. The quantitative estimate of drug-likeness (QED) is 0.911. The third-order valence-corrected chi connectivity index (χ3v) is 4.24. The Morgan fingerprint density at radius 2 is 1.52 bits per heavy atom. The average molecular weight is 304 g/mol. The summed E-state index contributed by atoms with van der Waals surface area (Å²) in [7, 11) is -3.64. The van der Waals surface area contributed by atoms with Crippen LogP contribution >= 0.6 is 0 Å². The Bertz CT molecular complexity index is 717. The molecule has 0 aromatic heterocycles. The minimum atomic E-state index is -3.64. The standard InChI is InChI=1S/C16H20N2O2S/c1-11-8-12(2)10-14(9-11)13(3)18-15-4-6-16(7-5-15)21(17,19)20/h4-10,13,18H,1-3H3,(H2,17,19,20). The molecule has 0 bridgehead atoms. The highest BCUT2D eigenvalue weighted by molar-refractivity contribution is 7.89. The highest BCUT2D eigenvalue weighted by Gasteiger charge is 2.09. The molecule has 0 amide bonds. The van der Waals surface area contributed by atoms with E-state index in [0.29, 0.717) is 0 Å². The largest absolute Gasteiger partial charge is 0.379 e. The number of primary sulfonamides is 1. The number of aryl methyl sites for hydroxylation is 2. The van der Waals surface area contributed by atoms with Crippen molar-refractivity contribution in [3.63, 3.8) is 0 Å². The summed E-state index contributed by atoms with van der Waals surface area (Å²) >= 11 is 0. The van der Waals surface area contributed by atoms with Gasteiger partial charge < -0.3 is 5.32 Å². The van der Waals surface area contributed by atoms with Gasteiger partial charge in [-0.15, -0.1) is 0 Å².